The second-order valence-electron chi connectivity index (χ2n) is 9.02. The minimum atomic E-state index is -0.653. The maximum absolute atomic E-state index is 13.6. The predicted octanol–water partition coefficient (Wildman–Crippen LogP) is 3.82. The van der Waals surface area contributed by atoms with Crippen molar-refractivity contribution in [1.82, 2.24) is 13.8 Å². The van der Waals surface area contributed by atoms with Crippen LogP contribution in [0.3, 0.4) is 0 Å². The number of nitrogens with two attached hydrogens (primary N) is 1. The highest BCUT2D eigenvalue weighted by molar-refractivity contribution is 8.00. The van der Waals surface area contributed by atoms with E-state index in [1.165, 1.54) is 4.57 Å². The van der Waals surface area contributed by atoms with E-state index in [1.54, 1.807) is 11.8 Å². The van der Waals surface area contributed by atoms with Crippen LogP contribution in [0.4, 0.5) is 11.4 Å². The largest absolute Gasteiger partial charge is 0.372 e. The number of hydrogen-bond donors (Lipinski definition) is 2. The number of thioether (sulfide) groups is 1. The van der Waals surface area contributed by atoms with E-state index in [4.69, 9.17) is 5.84 Å². The number of nitrogens with one attached hydrogen (secondary N) is 1. The highest BCUT2D eigenvalue weighted by atomic mass is 32.2. The van der Waals surface area contributed by atoms with Crippen molar-refractivity contribution in [1.29, 1.82) is 0 Å². The molecular formula is C26H31N7O3S. The summed E-state index contributed by atoms with van der Waals surface area (Å²) in [5.74, 6) is 6.25. The number of hydrogen-bond acceptors (Lipinski definition) is 8. The number of unbranched alkanes of at least 4 members (excludes halogenated alkanes) is 1. The van der Waals surface area contributed by atoms with Gasteiger partial charge in [0.1, 0.15) is 0 Å². The summed E-state index contributed by atoms with van der Waals surface area (Å²) in [4.78, 5) is 43.0. The average molecular weight is 522 g/mol. The molecule has 3 aromatic rings. The third-order valence-corrected chi connectivity index (χ3v) is 7.52. The Hall–Kier alpha value is -3.86. The maximum atomic E-state index is 13.6. The van der Waals surface area contributed by atoms with Crippen molar-refractivity contribution in [2.45, 2.75) is 62.9 Å². The van der Waals surface area contributed by atoms with Crippen LogP contribution in [0, 0.1) is 11.8 Å². The molecule has 0 saturated carbocycles. The lowest BCUT2D eigenvalue weighted by molar-refractivity contribution is 0.473. The molecule has 0 radical (unpaired) electrons. The summed E-state index contributed by atoms with van der Waals surface area (Å²) >= 11 is 1.72. The number of rotatable bonds is 10. The first kappa shape index (κ1) is 26.2. The number of aromatic nitrogens is 3. The van der Waals surface area contributed by atoms with E-state index in [1.807, 2.05) is 49.4 Å². The van der Waals surface area contributed by atoms with E-state index in [0.29, 0.717) is 30.3 Å². The summed E-state index contributed by atoms with van der Waals surface area (Å²) in [5.41, 5.74) is 2.76. The molecule has 10 nitrogen and oxygen atoms in total. The molecule has 0 spiro atoms. The molecule has 0 saturated heterocycles. The quantitative estimate of drug-likeness (QED) is 0.237. The molecule has 1 atom stereocenters. The topological polar surface area (TPSA) is 129 Å². The van der Waals surface area contributed by atoms with E-state index in [-0.39, 0.29) is 24.4 Å². The molecule has 2 aromatic carbocycles. The summed E-state index contributed by atoms with van der Waals surface area (Å²) in [6.45, 7) is 8.01. The van der Waals surface area contributed by atoms with E-state index in [0.717, 1.165) is 37.4 Å². The smallest absolute Gasteiger partial charge is 0.353 e. The van der Waals surface area contributed by atoms with Crippen molar-refractivity contribution in [3.05, 3.63) is 97.4 Å². The summed E-state index contributed by atoms with van der Waals surface area (Å²) < 4.78 is 3.46. The zero-order valence-corrected chi connectivity index (χ0v) is 21.8. The molecule has 4 rings (SSSR count). The van der Waals surface area contributed by atoms with Gasteiger partial charge in [0, 0.05) is 17.1 Å². The van der Waals surface area contributed by atoms with Gasteiger partial charge in [0.05, 0.1) is 23.3 Å². The molecule has 0 bridgehead atoms. The number of nitrogen functional groups attached to an aromatic ring is 1. The van der Waals surface area contributed by atoms with Crippen LogP contribution >= 0.6 is 11.8 Å². The molecular weight excluding hydrogens is 490 g/mol. The van der Waals surface area contributed by atoms with Crippen molar-refractivity contribution in [3.8, 4) is 0 Å². The number of aryl methyl sites for hydroxylation is 1. The Balaban J connectivity index is 1.77. The number of allylic oxidation sites excluding steroid dienone is 1. The monoisotopic (exact) mass is 521 g/mol. The van der Waals surface area contributed by atoms with Gasteiger partial charge in [0.25, 0.3) is 0 Å². The molecule has 1 aromatic heterocycles. The summed E-state index contributed by atoms with van der Waals surface area (Å²) in [7, 11) is 0. The molecule has 0 aliphatic carbocycles. The van der Waals surface area contributed by atoms with Crippen molar-refractivity contribution < 1.29 is 0 Å². The molecule has 194 valence electrons. The predicted molar refractivity (Wildman–Crippen MR) is 147 cm³/mol. The van der Waals surface area contributed by atoms with Crippen molar-refractivity contribution in [2.24, 2.45) is 10.2 Å². The first-order valence-electron chi connectivity index (χ1n) is 12.2. The van der Waals surface area contributed by atoms with E-state index >= 15 is 0 Å². The van der Waals surface area contributed by atoms with Crippen LogP contribution in [0.15, 0.2) is 79.4 Å². The third kappa shape index (κ3) is 5.93. The first-order valence-corrected chi connectivity index (χ1v) is 13.1. The molecule has 0 fully saturated rings. The summed E-state index contributed by atoms with van der Waals surface area (Å²) in [5, 5.41) is 6.56. The normalized spacial score (nSPS) is 14.9. The number of anilines is 1. The molecule has 37 heavy (non-hydrogen) atoms. The van der Waals surface area contributed by atoms with E-state index < -0.39 is 11.4 Å². The number of nitroso groups, excluding NO2 is 1. The van der Waals surface area contributed by atoms with Crippen LogP contribution in [-0.2, 0) is 13.1 Å². The lowest BCUT2D eigenvalue weighted by Crippen LogP contribution is -2.57. The van der Waals surface area contributed by atoms with Crippen LogP contribution in [0.1, 0.15) is 43.7 Å². The van der Waals surface area contributed by atoms with Gasteiger partial charge < -0.3 is 11.2 Å². The minimum Gasteiger partial charge on any atom is -0.372 e. The van der Waals surface area contributed by atoms with Crippen LogP contribution in [0.25, 0.3) is 0 Å². The Kier molecular flexibility index (Phi) is 8.12. The molecule has 3 N–H and O–H groups in total. The van der Waals surface area contributed by atoms with E-state index in [9.17, 15) is 14.5 Å². The lowest BCUT2D eigenvalue weighted by atomic mass is 10.1. The highest BCUT2D eigenvalue weighted by Gasteiger charge is 2.20. The Morgan fingerprint density at radius 1 is 1.11 bits per heavy atom. The molecule has 2 heterocycles. The van der Waals surface area contributed by atoms with Crippen molar-refractivity contribution in [3.63, 3.8) is 0 Å². The van der Waals surface area contributed by atoms with Crippen molar-refractivity contribution in [2.75, 3.05) is 11.2 Å². The molecule has 1 aliphatic heterocycles. The number of fused-ring (bicyclic) bond motifs is 1. The van der Waals surface area contributed by atoms with Crippen molar-refractivity contribution >= 4 is 23.1 Å². The standard InChI is InChI=1S/C26H31N7O3S/c1-4-23-29-21-13-12-20(15-22(21)37-23)28-24-32(16-19-10-8-17(2)9-11-19)25(34)31(26(35)33(24)27)14-6-5-7-18(3)30-36/h8-13,15,23,29H,3-7,14,16,27H2,1-2H3. The zero-order chi connectivity index (χ0) is 26.5. The van der Waals surface area contributed by atoms with Gasteiger partial charge in [0.2, 0.25) is 5.62 Å². The van der Waals surface area contributed by atoms with Gasteiger partial charge in [-0.15, -0.1) is 4.91 Å². The second kappa shape index (κ2) is 11.5. The second-order valence-corrected chi connectivity index (χ2v) is 10.3. The maximum Gasteiger partial charge on any atom is 0.353 e. The summed E-state index contributed by atoms with van der Waals surface area (Å²) in [6, 6.07) is 13.5. The van der Waals surface area contributed by atoms with Crippen LogP contribution < -0.4 is 28.2 Å². The van der Waals surface area contributed by atoms with Gasteiger partial charge >= 0.3 is 11.4 Å². The highest BCUT2D eigenvalue weighted by Crippen LogP contribution is 2.41. The fourth-order valence-electron chi connectivity index (χ4n) is 4.08. The zero-order valence-electron chi connectivity index (χ0n) is 21.0. The minimum absolute atomic E-state index is 0.0632. The van der Waals surface area contributed by atoms with E-state index in [2.05, 4.69) is 29.0 Å². The Bertz CT molecular complexity index is 1500. The number of nitrogens with zero attached hydrogens (tertiary/aromatic N) is 5. The molecule has 1 aliphatic rings. The number of benzene rings is 2. The van der Waals surface area contributed by atoms with Crippen LogP contribution in [0.5, 0.6) is 0 Å². The van der Waals surface area contributed by atoms with Crippen LogP contribution in [0.2, 0.25) is 0 Å². The van der Waals surface area contributed by atoms with Gasteiger partial charge in [-0.1, -0.05) is 55.1 Å². The van der Waals surface area contributed by atoms with Crippen LogP contribution in [-0.4, -0.2) is 19.2 Å². The van der Waals surface area contributed by atoms with Gasteiger partial charge in [0.15, 0.2) is 0 Å². The molecule has 0 amide bonds. The SMILES string of the molecule is C=C(CCCCn1c(=O)n(N)c(=Nc2ccc3c(c2)SC(CC)N3)n(Cc2ccc(C)cc2)c1=O)N=O. The molecule has 11 heteroatoms. The lowest BCUT2D eigenvalue weighted by Gasteiger charge is -2.14. The summed E-state index contributed by atoms with van der Waals surface area (Å²) in [6.07, 6.45) is 2.42. The van der Waals surface area contributed by atoms with Gasteiger partial charge in [-0.05, 0) is 61.5 Å². The Labute approximate surface area is 218 Å². The third-order valence-electron chi connectivity index (χ3n) is 6.19. The Morgan fingerprint density at radius 2 is 1.86 bits per heavy atom. The fourth-order valence-corrected chi connectivity index (χ4v) is 5.18. The fraction of sp³-hybridized carbons (Fsp3) is 0.346. The average Bonchev–Trinajstić information content (AvgIpc) is 3.32. The molecule has 1 unspecified atom stereocenters. The van der Waals surface area contributed by atoms with Gasteiger partial charge in [-0.2, -0.15) is 4.68 Å². The Morgan fingerprint density at radius 3 is 2.57 bits per heavy atom. The van der Waals surface area contributed by atoms with Gasteiger partial charge in [-0.25, -0.2) is 19.1 Å². The van der Waals surface area contributed by atoms with Gasteiger partial charge in [-0.3, -0.25) is 4.57 Å². The first-order chi connectivity index (χ1) is 17.8.